The summed E-state index contributed by atoms with van der Waals surface area (Å²) in [5.74, 6) is 1.44. The second kappa shape index (κ2) is 10.7. The van der Waals surface area contributed by atoms with Crippen molar-refractivity contribution in [3.05, 3.63) is 86.7 Å². The number of benzene rings is 3. The lowest BCUT2D eigenvalue weighted by molar-refractivity contribution is -0.113. The van der Waals surface area contributed by atoms with Gasteiger partial charge in [0.05, 0.1) is 24.8 Å². The molecule has 4 rings (SSSR count). The monoisotopic (exact) mass is 531 g/mol. The fraction of sp³-hybridized carbons (Fsp3) is 0.120. The van der Waals surface area contributed by atoms with Gasteiger partial charge < -0.3 is 14.2 Å². The maximum atomic E-state index is 13.1. The van der Waals surface area contributed by atoms with Gasteiger partial charge in [-0.2, -0.15) is 0 Å². The Balaban J connectivity index is 1.55. The number of carbonyl (C=O) groups excluding carboxylic acids is 1. The van der Waals surface area contributed by atoms with Crippen molar-refractivity contribution in [2.24, 2.45) is 0 Å². The molecule has 0 aromatic heterocycles. The molecule has 3 aromatic carbocycles. The topological polar surface area (TPSA) is 48.0 Å². The molecular formula is C25H19Cl2NO4S2. The Labute approximate surface area is 217 Å². The molecule has 5 nitrogen and oxygen atoms in total. The number of ether oxygens (including phenoxy) is 3. The number of hydrogen-bond acceptors (Lipinski definition) is 6. The predicted molar refractivity (Wildman–Crippen MR) is 142 cm³/mol. The van der Waals surface area contributed by atoms with Gasteiger partial charge in [-0.25, -0.2) is 0 Å². The van der Waals surface area contributed by atoms with E-state index in [9.17, 15) is 4.79 Å². The van der Waals surface area contributed by atoms with Gasteiger partial charge in [-0.3, -0.25) is 9.69 Å². The van der Waals surface area contributed by atoms with Gasteiger partial charge in [0, 0.05) is 15.6 Å². The molecule has 0 unspecified atom stereocenters. The molecule has 34 heavy (non-hydrogen) atoms. The van der Waals surface area contributed by atoms with E-state index in [0.29, 0.717) is 42.2 Å². The Bertz CT molecular complexity index is 1300. The Morgan fingerprint density at radius 3 is 2.47 bits per heavy atom. The highest BCUT2D eigenvalue weighted by Gasteiger charge is 2.34. The molecule has 0 bridgehead atoms. The lowest BCUT2D eigenvalue weighted by atomic mass is 10.1. The Kier molecular flexibility index (Phi) is 7.68. The van der Waals surface area contributed by atoms with E-state index in [2.05, 4.69) is 0 Å². The van der Waals surface area contributed by atoms with Crippen LogP contribution in [0.15, 0.2) is 65.6 Å². The number of hydrogen-bond donors (Lipinski definition) is 0. The van der Waals surface area contributed by atoms with Crippen molar-refractivity contribution in [1.82, 2.24) is 0 Å². The molecule has 0 saturated carbocycles. The summed E-state index contributed by atoms with van der Waals surface area (Å²) in [7, 11) is 3.12. The first-order valence-electron chi connectivity index (χ1n) is 10.1. The van der Waals surface area contributed by atoms with Crippen LogP contribution in [0.1, 0.15) is 11.1 Å². The molecule has 174 valence electrons. The van der Waals surface area contributed by atoms with E-state index in [0.717, 1.165) is 11.1 Å². The number of thioether (sulfide) groups is 1. The van der Waals surface area contributed by atoms with Crippen molar-refractivity contribution in [2.75, 3.05) is 19.1 Å². The van der Waals surface area contributed by atoms with Crippen molar-refractivity contribution in [3.63, 3.8) is 0 Å². The van der Waals surface area contributed by atoms with Crippen LogP contribution in [-0.4, -0.2) is 24.4 Å². The molecule has 0 aliphatic carbocycles. The van der Waals surface area contributed by atoms with Crippen LogP contribution < -0.4 is 19.1 Å². The van der Waals surface area contributed by atoms with Crippen molar-refractivity contribution in [3.8, 4) is 17.2 Å². The molecule has 0 N–H and O–H groups in total. The van der Waals surface area contributed by atoms with E-state index >= 15 is 0 Å². The smallest absolute Gasteiger partial charge is 0.270 e. The quantitative estimate of drug-likeness (QED) is 0.241. The number of methoxy groups -OCH3 is 2. The number of carbonyl (C=O) groups is 1. The minimum atomic E-state index is -0.212. The third-order valence-electron chi connectivity index (χ3n) is 5.00. The van der Waals surface area contributed by atoms with Crippen molar-refractivity contribution in [1.29, 1.82) is 0 Å². The lowest BCUT2D eigenvalue weighted by Gasteiger charge is -2.17. The summed E-state index contributed by atoms with van der Waals surface area (Å²) in [5, 5.41) is 1.09. The van der Waals surface area contributed by atoms with Gasteiger partial charge in [-0.1, -0.05) is 71.4 Å². The van der Waals surface area contributed by atoms with Gasteiger partial charge in [-0.15, -0.1) is 0 Å². The number of anilines is 1. The van der Waals surface area contributed by atoms with E-state index in [1.807, 2.05) is 24.3 Å². The highest BCUT2D eigenvalue weighted by atomic mass is 35.5. The number of halogens is 2. The van der Waals surface area contributed by atoms with E-state index in [1.165, 1.54) is 16.7 Å². The Hall–Kier alpha value is -2.71. The molecule has 9 heteroatoms. The van der Waals surface area contributed by atoms with Gasteiger partial charge in [0.1, 0.15) is 12.4 Å². The minimum Gasteiger partial charge on any atom is -0.495 e. The summed E-state index contributed by atoms with van der Waals surface area (Å²) >= 11 is 18.9. The summed E-state index contributed by atoms with van der Waals surface area (Å²) in [4.78, 5) is 15.1. The van der Waals surface area contributed by atoms with Crippen LogP contribution >= 0.6 is 47.2 Å². The molecule has 1 saturated heterocycles. The van der Waals surface area contributed by atoms with Gasteiger partial charge in [0.2, 0.25) is 0 Å². The molecule has 1 fully saturated rings. The van der Waals surface area contributed by atoms with E-state index in [-0.39, 0.29) is 12.5 Å². The number of amides is 1. The van der Waals surface area contributed by atoms with Crippen molar-refractivity contribution < 1.29 is 19.0 Å². The number of nitrogens with zero attached hydrogens (tertiary/aromatic N) is 1. The van der Waals surface area contributed by atoms with Crippen LogP contribution in [0.4, 0.5) is 5.69 Å². The number of rotatable bonds is 7. The molecule has 0 spiro atoms. The molecule has 0 atom stereocenters. The van der Waals surface area contributed by atoms with Crippen LogP contribution in [0.25, 0.3) is 6.08 Å². The maximum Gasteiger partial charge on any atom is 0.270 e. The largest absolute Gasteiger partial charge is 0.495 e. The number of para-hydroxylation sites is 2. The predicted octanol–water partition coefficient (Wildman–Crippen LogP) is 7.00. The van der Waals surface area contributed by atoms with Gasteiger partial charge >= 0.3 is 0 Å². The zero-order valence-corrected chi connectivity index (χ0v) is 21.4. The summed E-state index contributed by atoms with van der Waals surface area (Å²) in [6.07, 6.45) is 1.77. The second-order valence-electron chi connectivity index (χ2n) is 7.12. The zero-order chi connectivity index (χ0) is 24.2. The van der Waals surface area contributed by atoms with Crippen LogP contribution in [-0.2, 0) is 11.4 Å². The highest BCUT2D eigenvalue weighted by Crippen LogP contribution is 2.40. The fourth-order valence-electron chi connectivity index (χ4n) is 3.33. The van der Waals surface area contributed by atoms with Gasteiger partial charge in [-0.05, 0) is 48.0 Å². The SMILES string of the molecule is COc1cc(/C=C2/SC(=S)N(c3ccccc3OC)C2=O)ccc1OCc1ccc(Cl)cc1Cl. The van der Waals surface area contributed by atoms with E-state index in [4.69, 9.17) is 49.6 Å². The molecule has 3 aromatic rings. The second-order valence-corrected chi connectivity index (χ2v) is 9.64. The third kappa shape index (κ3) is 5.18. The van der Waals surface area contributed by atoms with Crippen LogP contribution in [0, 0.1) is 0 Å². The van der Waals surface area contributed by atoms with Crippen molar-refractivity contribution in [2.45, 2.75) is 6.61 Å². The average Bonchev–Trinajstić information content (AvgIpc) is 3.11. The van der Waals surface area contributed by atoms with E-state index in [1.54, 1.807) is 56.7 Å². The Morgan fingerprint density at radius 2 is 1.74 bits per heavy atom. The number of thiocarbonyl (C=S) groups is 1. The first-order chi connectivity index (χ1) is 16.4. The summed E-state index contributed by atoms with van der Waals surface area (Å²) in [6, 6.07) is 17.9. The molecule has 1 aliphatic rings. The minimum absolute atomic E-state index is 0.212. The van der Waals surface area contributed by atoms with Crippen LogP contribution in [0.2, 0.25) is 10.0 Å². The van der Waals surface area contributed by atoms with E-state index < -0.39 is 0 Å². The maximum absolute atomic E-state index is 13.1. The van der Waals surface area contributed by atoms with Crippen molar-refractivity contribution >= 4 is 69.2 Å². The van der Waals surface area contributed by atoms with Crippen LogP contribution in [0.3, 0.4) is 0 Å². The van der Waals surface area contributed by atoms with Gasteiger partial charge in [0.15, 0.2) is 15.8 Å². The lowest BCUT2D eigenvalue weighted by Crippen LogP contribution is -2.27. The molecule has 1 amide bonds. The Morgan fingerprint density at radius 1 is 0.971 bits per heavy atom. The molecule has 1 aliphatic heterocycles. The molecule has 1 heterocycles. The molecular weight excluding hydrogens is 513 g/mol. The fourth-order valence-corrected chi connectivity index (χ4v) is 5.08. The highest BCUT2D eigenvalue weighted by molar-refractivity contribution is 8.27. The average molecular weight is 532 g/mol. The first-order valence-corrected chi connectivity index (χ1v) is 12.0. The third-order valence-corrected chi connectivity index (χ3v) is 6.89. The first kappa shape index (κ1) is 24.4. The van der Waals surface area contributed by atoms with Crippen LogP contribution in [0.5, 0.6) is 17.2 Å². The molecule has 0 radical (unpaired) electrons. The summed E-state index contributed by atoms with van der Waals surface area (Å²) in [6.45, 7) is 0.253. The van der Waals surface area contributed by atoms with Gasteiger partial charge in [0.25, 0.3) is 5.91 Å². The summed E-state index contributed by atoms with van der Waals surface area (Å²) in [5.41, 5.74) is 2.18. The zero-order valence-electron chi connectivity index (χ0n) is 18.2. The summed E-state index contributed by atoms with van der Waals surface area (Å²) < 4.78 is 17.2. The normalized spacial score (nSPS) is 14.6. The standard InChI is InChI=1S/C25H19Cl2NO4S2/c1-30-20-6-4-3-5-19(20)28-24(29)23(34-25(28)33)12-15-7-10-21(22(11-15)31-2)32-14-16-8-9-17(26)13-18(16)27/h3-13H,14H2,1-2H3/b23-12+.